The van der Waals surface area contributed by atoms with E-state index in [1.807, 2.05) is 39.5 Å². The number of esters is 1. The van der Waals surface area contributed by atoms with Crippen molar-refractivity contribution in [1.29, 1.82) is 0 Å². The first-order valence-electron chi connectivity index (χ1n) is 6.33. The Labute approximate surface area is 117 Å². The first kappa shape index (κ1) is 13.9. The summed E-state index contributed by atoms with van der Waals surface area (Å²) < 4.78 is 5.88. The smallest absolute Gasteiger partial charge is 0.312 e. The number of thioether (sulfide) groups is 1. The molecule has 0 bridgehead atoms. The summed E-state index contributed by atoms with van der Waals surface area (Å²) in [6.07, 6.45) is 1.70. The molecule has 100 valence electrons. The van der Waals surface area contributed by atoms with Crippen LogP contribution in [0.1, 0.15) is 45.4 Å². The summed E-state index contributed by atoms with van der Waals surface area (Å²) in [6.45, 7) is 7.97. The van der Waals surface area contributed by atoms with Crippen LogP contribution in [0.5, 0.6) is 0 Å². The number of thiophene rings is 1. The summed E-state index contributed by atoms with van der Waals surface area (Å²) >= 11 is 3.55. The summed E-state index contributed by atoms with van der Waals surface area (Å²) in [6, 6.07) is 2.13. The Morgan fingerprint density at radius 2 is 2.28 bits per heavy atom. The molecule has 0 amide bonds. The maximum atomic E-state index is 12.3. The molecule has 0 saturated carbocycles. The van der Waals surface area contributed by atoms with Crippen molar-refractivity contribution < 1.29 is 9.53 Å². The quantitative estimate of drug-likeness (QED) is 0.768. The third kappa shape index (κ3) is 2.45. The lowest BCUT2D eigenvalue weighted by Gasteiger charge is -2.35. The van der Waals surface area contributed by atoms with E-state index >= 15 is 0 Å². The van der Waals surface area contributed by atoms with Gasteiger partial charge in [-0.3, -0.25) is 4.79 Å². The van der Waals surface area contributed by atoms with E-state index in [-0.39, 0.29) is 5.97 Å². The van der Waals surface area contributed by atoms with Gasteiger partial charge in [0.2, 0.25) is 0 Å². The van der Waals surface area contributed by atoms with E-state index in [0.29, 0.717) is 0 Å². The fraction of sp³-hybridized carbons (Fsp3) is 0.643. The number of fused-ring (bicyclic) bond motifs is 1. The second kappa shape index (κ2) is 4.89. The van der Waals surface area contributed by atoms with Crippen molar-refractivity contribution in [2.24, 2.45) is 5.41 Å². The molecule has 2 heterocycles. The largest absolute Gasteiger partial charge is 0.453 e. The van der Waals surface area contributed by atoms with Gasteiger partial charge in [0.05, 0.1) is 10.3 Å². The third-order valence-corrected chi connectivity index (χ3v) is 6.05. The van der Waals surface area contributed by atoms with Crippen LogP contribution in [0, 0.1) is 5.41 Å². The molecular formula is C14H20O2S2. The van der Waals surface area contributed by atoms with Gasteiger partial charge in [-0.2, -0.15) is 0 Å². The molecule has 1 atom stereocenters. The van der Waals surface area contributed by atoms with Gasteiger partial charge in [-0.15, -0.1) is 23.1 Å². The Bertz CT molecular complexity index is 450. The van der Waals surface area contributed by atoms with Gasteiger partial charge in [0.1, 0.15) is 5.60 Å². The molecule has 1 aromatic heterocycles. The Balaban J connectivity index is 2.22. The second-order valence-electron chi connectivity index (χ2n) is 5.57. The van der Waals surface area contributed by atoms with Crippen LogP contribution in [-0.2, 0) is 15.1 Å². The number of hydrogen-bond donors (Lipinski definition) is 0. The van der Waals surface area contributed by atoms with E-state index in [2.05, 4.69) is 11.4 Å². The van der Waals surface area contributed by atoms with Crippen LogP contribution in [0.15, 0.2) is 16.3 Å². The minimum absolute atomic E-state index is 0.0845. The van der Waals surface area contributed by atoms with Gasteiger partial charge in [0.15, 0.2) is 0 Å². The van der Waals surface area contributed by atoms with Gasteiger partial charge in [0.25, 0.3) is 0 Å². The highest BCUT2D eigenvalue weighted by atomic mass is 32.2. The first-order chi connectivity index (χ1) is 8.39. The van der Waals surface area contributed by atoms with E-state index in [4.69, 9.17) is 4.74 Å². The van der Waals surface area contributed by atoms with Crippen LogP contribution >= 0.6 is 23.1 Å². The van der Waals surface area contributed by atoms with Gasteiger partial charge in [-0.1, -0.05) is 6.92 Å². The minimum Gasteiger partial charge on any atom is -0.453 e. The summed E-state index contributed by atoms with van der Waals surface area (Å²) in [5, 5.41) is 2.08. The van der Waals surface area contributed by atoms with E-state index in [9.17, 15) is 4.79 Å². The fourth-order valence-corrected chi connectivity index (χ4v) is 4.40. The van der Waals surface area contributed by atoms with Gasteiger partial charge in [-0.05, 0) is 38.6 Å². The van der Waals surface area contributed by atoms with Crippen molar-refractivity contribution >= 4 is 29.1 Å². The Hall–Kier alpha value is -0.480. The van der Waals surface area contributed by atoms with Gasteiger partial charge in [0, 0.05) is 17.1 Å². The average molecular weight is 284 g/mol. The minimum atomic E-state index is -0.432. The van der Waals surface area contributed by atoms with E-state index in [1.54, 1.807) is 11.3 Å². The zero-order valence-corrected chi connectivity index (χ0v) is 13.0. The zero-order chi connectivity index (χ0) is 13.4. The monoisotopic (exact) mass is 284 g/mol. The number of carbonyl (C=O) groups is 1. The molecule has 0 radical (unpaired) electrons. The molecule has 1 aliphatic rings. The summed E-state index contributed by atoms with van der Waals surface area (Å²) in [5.74, 6) is 0.929. The highest BCUT2D eigenvalue weighted by Gasteiger charge is 2.40. The SMILES string of the molecule is CCC(C)(C)C(=O)OC1(C)CCSc2ccsc21. The lowest BCUT2D eigenvalue weighted by Crippen LogP contribution is -2.37. The molecule has 2 nitrogen and oxygen atoms in total. The molecule has 0 aliphatic carbocycles. The van der Waals surface area contributed by atoms with Gasteiger partial charge >= 0.3 is 5.97 Å². The summed E-state index contributed by atoms with van der Waals surface area (Å²) in [4.78, 5) is 14.8. The van der Waals surface area contributed by atoms with Crippen molar-refractivity contribution in [1.82, 2.24) is 0 Å². The van der Waals surface area contributed by atoms with Crippen LogP contribution in [0.4, 0.5) is 0 Å². The number of ether oxygens (including phenoxy) is 1. The van der Waals surface area contributed by atoms with Crippen LogP contribution in [-0.4, -0.2) is 11.7 Å². The Kier molecular flexibility index (Phi) is 3.79. The molecule has 1 aromatic rings. The Morgan fingerprint density at radius 3 is 2.94 bits per heavy atom. The third-order valence-electron chi connectivity index (χ3n) is 3.70. The first-order valence-corrected chi connectivity index (χ1v) is 8.20. The van der Waals surface area contributed by atoms with Gasteiger partial charge < -0.3 is 4.74 Å². The lowest BCUT2D eigenvalue weighted by atomic mass is 9.90. The van der Waals surface area contributed by atoms with Gasteiger partial charge in [-0.25, -0.2) is 0 Å². The van der Waals surface area contributed by atoms with Crippen LogP contribution in [0.3, 0.4) is 0 Å². The average Bonchev–Trinajstić information content (AvgIpc) is 2.78. The highest BCUT2D eigenvalue weighted by molar-refractivity contribution is 7.99. The summed E-state index contributed by atoms with van der Waals surface area (Å²) in [5.41, 5.74) is -0.830. The van der Waals surface area contributed by atoms with Crippen LogP contribution < -0.4 is 0 Å². The molecule has 18 heavy (non-hydrogen) atoms. The standard InChI is InChI=1S/C14H20O2S2/c1-5-13(2,3)12(15)16-14(4)7-9-17-10-6-8-18-11(10)14/h6,8H,5,7,9H2,1-4H3. The Morgan fingerprint density at radius 1 is 1.56 bits per heavy atom. The molecule has 1 aliphatic heterocycles. The normalized spacial score (nSPS) is 23.6. The van der Waals surface area contributed by atoms with E-state index < -0.39 is 11.0 Å². The summed E-state index contributed by atoms with van der Waals surface area (Å²) in [7, 11) is 0. The van der Waals surface area contributed by atoms with Crippen molar-refractivity contribution in [3.05, 3.63) is 16.3 Å². The van der Waals surface area contributed by atoms with E-state index in [0.717, 1.165) is 18.6 Å². The molecule has 0 aromatic carbocycles. The molecule has 1 unspecified atom stereocenters. The molecule has 4 heteroatoms. The second-order valence-corrected chi connectivity index (χ2v) is 7.62. The molecule has 0 N–H and O–H groups in total. The number of rotatable bonds is 3. The van der Waals surface area contributed by atoms with Crippen LogP contribution in [0.2, 0.25) is 0 Å². The maximum Gasteiger partial charge on any atom is 0.312 e. The van der Waals surface area contributed by atoms with Crippen molar-refractivity contribution in [2.75, 3.05) is 5.75 Å². The molecular weight excluding hydrogens is 264 g/mol. The van der Waals surface area contributed by atoms with Crippen molar-refractivity contribution in [3.63, 3.8) is 0 Å². The van der Waals surface area contributed by atoms with Crippen molar-refractivity contribution in [3.8, 4) is 0 Å². The highest BCUT2D eigenvalue weighted by Crippen LogP contribution is 2.46. The predicted molar refractivity (Wildman–Crippen MR) is 77.2 cm³/mol. The lowest BCUT2D eigenvalue weighted by molar-refractivity contribution is -0.170. The van der Waals surface area contributed by atoms with Crippen LogP contribution in [0.25, 0.3) is 0 Å². The number of carbonyl (C=O) groups excluding carboxylic acids is 1. The predicted octanol–water partition coefficient (Wildman–Crippen LogP) is 4.44. The maximum absolute atomic E-state index is 12.3. The topological polar surface area (TPSA) is 26.3 Å². The zero-order valence-electron chi connectivity index (χ0n) is 11.4. The molecule has 0 fully saturated rings. The van der Waals surface area contributed by atoms with E-state index in [1.165, 1.54) is 9.77 Å². The number of hydrogen-bond acceptors (Lipinski definition) is 4. The fourth-order valence-electron chi connectivity index (χ4n) is 1.85. The molecule has 0 spiro atoms. The molecule has 2 rings (SSSR count). The van der Waals surface area contributed by atoms with Crippen molar-refractivity contribution in [2.45, 2.75) is 51.0 Å². The molecule has 0 saturated heterocycles.